The predicted molar refractivity (Wildman–Crippen MR) is 128 cm³/mol. The van der Waals surface area contributed by atoms with Crippen LogP contribution in [-0.2, 0) is 14.3 Å². The molecule has 0 N–H and O–H groups in total. The molecule has 2 aliphatic carbocycles. The molecule has 1 aromatic rings. The number of unbranched alkanes of at least 4 members (excludes halogenated alkanes) is 1. The Morgan fingerprint density at radius 2 is 1.59 bits per heavy atom. The van der Waals surface area contributed by atoms with E-state index in [1.165, 1.54) is 12.0 Å². The zero-order chi connectivity index (χ0) is 22.8. The van der Waals surface area contributed by atoms with Crippen LogP contribution in [0.3, 0.4) is 0 Å². The van der Waals surface area contributed by atoms with Crippen LogP contribution in [0.5, 0.6) is 5.75 Å². The van der Waals surface area contributed by atoms with Gasteiger partial charge < -0.3 is 9.47 Å². The first-order valence-electron chi connectivity index (χ1n) is 13.0. The lowest BCUT2D eigenvalue weighted by molar-refractivity contribution is -0.138. The molecule has 0 aliphatic heterocycles. The fourth-order valence-corrected chi connectivity index (χ4v) is 5.37. The third-order valence-corrected chi connectivity index (χ3v) is 7.47. The minimum absolute atomic E-state index is 0.165. The molecule has 3 rings (SSSR count). The van der Waals surface area contributed by atoms with Crippen molar-refractivity contribution in [2.45, 2.75) is 116 Å². The van der Waals surface area contributed by atoms with Gasteiger partial charge >= 0.3 is 5.97 Å². The Morgan fingerprint density at radius 1 is 0.906 bits per heavy atom. The number of carbonyl (C=O) groups is 2. The fraction of sp³-hybridized carbons (Fsp3) is 0.714. The standard InChI is InChI=1S/C28H42O4/c1-3-5-10-26(29)28(19-7-6-8-20-28)21-31-24-15-11-22(12-16-24)23-13-17-25(18-14-23)32-27(30)9-4-2/h13-14,17-18,22,24H,3-12,15-16,19-21H2,1-2H3. The monoisotopic (exact) mass is 442 g/mol. The average molecular weight is 443 g/mol. The molecule has 0 saturated heterocycles. The normalized spacial score (nSPS) is 22.9. The van der Waals surface area contributed by atoms with Crippen molar-refractivity contribution in [1.29, 1.82) is 0 Å². The van der Waals surface area contributed by atoms with Crippen molar-refractivity contribution in [2.24, 2.45) is 5.41 Å². The highest BCUT2D eigenvalue weighted by atomic mass is 16.5. The topological polar surface area (TPSA) is 52.6 Å². The van der Waals surface area contributed by atoms with Gasteiger partial charge in [0, 0.05) is 12.8 Å². The third kappa shape index (κ3) is 6.91. The van der Waals surface area contributed by atoms with E-state index in [0.717, 1.165) is 77.0 Å². The van der Waals surface area contributed by atoms with E-state index in [2.05, 4.69) is 19.1 Å². The molecule has 0 bridgehead atoms. The Kier molecular flexibility index (Phi) is 9.77. The summed E-state index contributed by atoms with van der Waals surface area (Å²) in [4.78, 5) is 24.7. The zero-order valence-corrected chi connectivity index (χ0v) is 20.2. The average Bonchev–Trinajstić information content (AvgIpc) is 2.83. The van der Waals surface area contributed by atoms with Crippen LogP contribution in [0.25, 0.3) is 0 Å². The molecule has 4 nitrogen and oxygen atoms in total. The van der Waals surface area contributed by atoms with Crippen LogP contribution >= 0.6 is 0 Å². The van der Waals surface area contributed by atoms with Gasteiger partial charge in [-0.2, -0.15) is 0 Å². The maximum Gasteiger partial charge on any atom is 0.311 e. The second kappa shape index (κ2) is 12.5. The lowest BCUT2D eigenvalue weighted by atomic mass is 9.70. The van der Waals surface area contributed by atoms with E-state index >= 15 is 0 Å². The Bertz CT molecular complexity index is 709. The van der Waals surface area contributed by atoms with Crippen LogP contribution in [-0.4, -0.2) is 24.5 Å². The van der Waals surface area contributed by atoms with Crippen molar-refractivity contribution in [2.75, 3.05) is 6.61 Å². The van der Waals surface area contributed by atoms with Gasteiger partial charge in [0.15, 0.2) is 0 Å². The van der Waals surface area contributed by atoms with Gasteiger partial charge in [-0.3, -0.25) is 9.59 Å². The minimum atomic E-state index is -0.213. The fourth-order valence-electron chi connectivity index (χ4n) is 5.37. The maximum atomic E-state index is 13.0. The van der Waals surface area contributed by atoms with Gasteiger partial charge in [-0.05, 0) is 75.0 Å². The Balaban J connectivity index is 1.47. The summed E-state index contributed by atoms with van der Waals surface area (Å²) in [5.74, 6) is 1.45. The van der Waals surface area contributed by atoms with Gasteiger partial charge in [0.1, 0.15) is 11.5 Å². The molecule has 2 aliphatic rings. The first kappa shape index (κ1) is 25.0. The molecule has 2 fully saturated rings. The number of esters is 1. The van der Waals surface area contributed by atoms with Gasteiger partial charge in [-0.15, -0.1) is 0 Å². The summed E-state index contributed by atoms with van der Waals surface area (Å²) in [6, 6.07) is 8.04. The van der Waals surface area contributed by atoms with E-state index in [0.29, 0.717) is 30.5 Å². The molecule has 0 atom stereocenters. The highest BCUT2D eigenvalue weighted by Gasteiger charge is 2.39. The number of carbonyl (C=O) groups excluding carboxylic acids is 2. The number of hydrogen-bond acceptors (Lipinski definition) is 4. The van der Waals surface area contributed by atoms with Gasteiger partial charge in [-0.1, -0.05) is 51.7 Å². The number of ketones is 1. The summed E-state index contributed by atoms with van der Waals surface area (Å²) in [5, 5.41) is 0. The maximum absolute atomic E-state index is 13.0. The zero-order valence-electron chi connectivity index (χ0n) is 20.2. The van der Waals surface area contributed by atoms with E-state index < -0.39 is 0 Å². The minimum Gasteiger partial charge on any atom is -0.427 e. The van der Waals surface area contributed by atoms with Gasteiger partial charge in [0.05, 0.1) is 18.1 Å². The van der Waals surface area contributed by atoms with E-state index in [1.54, 1.807) is 0 Å². The molecule has 32 heavy (non-hydrogen) atoms. The number of Topliss-reactive ketones (excluding diaryl/α,β-unsaturated/α-hetero) is 1. The summed E-state index contributed by atoms with van der Waals surface area (Å²) >= 11 is 0. The number of rotatable bonds is 11. The molecule has 0 aromatic heterocycles. The van der Waals surface area contributed by atoms with Gasteiger partial charge in [0.2, 0.25) is 0 Å². The largest absolute Gasteiger partial charge is 0.427 e. The highest BCUT2D eigenvalue weighted by molar-refractivity contribution is 5.85. The van der Waals surface area contributed by atoms with Crippen LogP contribution in [0.1, 0.15) is 115 Å². The lowest BCUT2D eigenvalue weighted by Gasteiger charge is -2.38. The molecule has 0 unspecified atom stereocenters. The molecule has 178 valence electrons. The van der Waals surface area contributed by atoms with E-state index in [-0.39, 0.29) is 17.5 Å². The molecule has 2 saturated carbocycles. The third-order valence-electron chi connectivity index (χ3n) is 7.47. The van der Waals surface area contributed by atoms with Crippen LogP contribution in [0.2, 0.25) is 0 Å². The Hall–Kier alpha value is -1.68. The van der Waals surface area contributed by atoms with Crippen molar-refractivity contribution < 1.29 is 19.1 Å². The molecular formula is C28H42O4. The molecule has 4 heteroatoms. The van der Waals surface area contributed by atoms with Gasteiger partial charge in [-0.25, -0.2) is 0 Å². The van der Waals surface area contributed by atoms with E-state index in [1.807, 2.05) is 19.1 Å². The smallest absolute Gasteiger partial charge is 0.311 e. The molecule has 1 aromatic carbocycles. The predicted octanol–water partition coefficient (Wildman–Crippen LogP) is 7.14. The SMILES string of the molecule is CCCCC(=O)C1(COC2CCC(c3ccc(OC(=O)CCC)cc3)CC2)CCCCC1. The number of ether oxygens (including phenoxy) is 2. The van der Waals surface area contributed by atoms with Crippen molar-refractivity contribution in [3.8, 4) is 5.75 Å². The first-order valence-corrected chi connectivity index (χ1v) is 13.0. The van der Waals surface area contributed by atoms with E-state index in [9.17, 15) is 9.59 Å². The van der Waals surface area contributed by atoms with Crippen molar-refractivity contribution in [3.63, 3.8) is 0 Å². The van der Waals surface area contributed by atoms with Crippen molar-refractivity contribution in [3.05, 3.63) is 29.8 Å². The molecular weight excluding hydrogens is 400 g/mol. The van der Waals surface area contributed by atoms with Gasteiger partial charge in [0.25, 0.3) is 0 Å². The Morgan fingerprint density at radius 3 is 2.22 bits per heavy atom. The van der Waals surface area contributed by atoms with Crippen LogP contribution < -0.4 is 4.74 Å². The molecule has 0 amide bonds. The first-order chi connectivity index (χ1) is 15.6. The summed E-state index contributed by atoms with van der Waals surface area (Å²) in [6.45, 7) is 4.76. The van der Waals surface area contributed by atoms with Crippen LogP contribution in [0, 0.1) is 5.41 Å². The number of benzene rings is 1. The van der Waals surface area contributed by atoms with Crippen molar-refractivity contribution in [1.82, 2.24) is 0 Å². The molecule has 0 spiro atoms. The second-order valence-electron chi connectivity index (χ2n) is 9.95. The second-order valence-corrected chi connectivity index (χ2v) is 9.95. The van der Waals surface area contributed by atoms with Crippen molar-refractivity contribution >= 4 is 11.8 Å². The summed E-state index contributed by atoms with van der Waals surface area (Å²) in [5.41, 5.74) is 1.10. The quantitative estimate of drug-likeness (QED) is 0.270. The lowest BCUT2D eigenvalue weighted by Crippen LogP contribution is -2.39. The van der Waals surface area contributed by atoms with Crippen LogP contribution in [0.4, 0.5) is 0 Å². The summed E-state index contributed by atoms with van der Waals surface area (Å²) < 4.78 is 11.8. The summed E-state index contributed by atoms with van der Waals surface area (Å²) in [6.07, 6.45) is 14.3. The van der Waals surface area contributed by atoms with E-state index in [4.69, 9.17) is 9.47 Å². The van der Waals surface area contributed by atoms with Crippen LogP contribution in [0.15, 0.2) is 24.3 Å². The Labute approximate surface area is 194 Å². The summed E-state index contributed by atoms with van der Waals surface area (Å²) in [7, 11) is 0. The molecule has 0 radical (unpaired) electrons. The number of hydrogen-bond donors (Lipinski definition) is 0. The highest BCUT2D eigenvalue weighted by Crippen LogP contribution is 2.41. The molecule has 0 heterocycles.